The summed E-state index contributed by atoms with van der Waals surface area (Å²) >= 11 is 0. The smallest absolute Gasteiger partial charge is 0.191 e. The number of ether oxygens (including phenoxy) is 1. The number of pyridine rings is 1. The van der Waals surface area contributed by atoms with Crippen molar-refractivity contribution in [2.45, 2.75) is 38.6 Å². The molecule has 0 saturated heterocycles. The van der Waals surface area contributed by atoms with Gasteiger partial charge >= 0.3 is 0 Å². The summed E-state index contributed by atoms with van der Waals surface area (Å²) in [4.78, 5) is 4.28. The van der Waals surface area contributed by atoms with Crippen molar-refractivity contribution in [1.82, 2.24) is 25.2 Å². The van der Waals surface area contributed by atoms with Gasteiger partial charge in [0, 0.05) is 26.2 Å². The van der Waals surface area contributed by atoms with Crippen molar-refractivity contribution in [3.05, 3.63) is 59.8 Å². The summed E-state index contributed by atoms with van der Waals surface area (Å²) < 4.78 is 22.0. The highest BCUT2D eigenvalue weighted by Gasteiger charge is 2.22. The monoisotopic (exact) mass is 424 g/mol. The van der Waals surface area contributed by atoms with E-state index in [1.54, 1.807) is 13.1 Å². The molecule has 0 aliphatic heterocycles. The number of fused-ring (bicyclic) bond motifs is 1. The predicted octanol–water partition coefficient (Wildman–Crippen LogP) is 3.52. The number of nitrogens with one attached hydrogen (secondary N) is 2. The summed E-state index contributed by atoms with van der Waals surface area (Å²) in [6.07, 6.45) is 6.02. The number of aliphatic imine (C=N–C) groups is 1. The molecule has 0 amide bonds. The predicted molar refractivity (Wildman–Crippen MR) is 119 cm³/mol. The van der Waals surface area contributed by atoms with E-state index < -0.39 is 0 Å². The zero-order chi connectivity index (χ0) is 21.6. The quantitative estimate of drug-likeness (QED) is 0.312. The van der Waals surface area contributed by atoms with Gasteiger partial charge in [-0.2, -0.15) is 0 Å². The second kappa shape index (κ2) is 9.76. The van der Waals surface area contributed by atoms with E-state index in [1.165, 1.54) is 18.9 Å². The van der Waals surface area contributed by atoms with Crippen LogP contribution in [-0.4, -0.2) is 40.8 Å². The van der Waals surface area contributed by atoms with Gasteiger partial charge in [0.15, 0.2) is 23.2 Å². The Morgan fingerprint density at radius 1 is 1.29 bits per heavy atom. The minimum absolute atomic E-state index is 0.0985. The van der Waals surface area contributed by atoms with Crippen LogP contribution in [0.4, 0.5) is 4.39 Å². The van der Waals surface area contributed by atoms with Crippen molar-refractivity contribution in [3.63, 3.8) is 0 Å². The van der Waals surface area contributed by atoms with Crippen molar-refractivity contribution < 1.29 is 9.13 Å². The third kappa shape index (κ3) is 5.51. The number of guanidine groups is 1. The molecule has 3 aromatic rings. The van der Waals surface area contributed by atoms with Gasteiger partial charge in [0.05, 0.1) is 12.6 Å². The summed E-state index contributed by atoms with van der Waals surface area (Å²) in [5.41, 5.74) is 1.70. The van der Waals surface area contributed by atoms with Crippen LogP contribution in [0.5, 0.6) is 5.75 Å². The molecule has 2 N–H and O–H groups in total. The average molecular weight is 425 g/mol. The number of halogens is 1. The lowest BCUT2D eigenvalue weighted by molar-refractivity contribution is 0.285. The summed E-state index contributed by atoms with van der Waals surface area (Å²) in [7, 11) is 1.73. The molecule has 1 atom stereocenters. The lowest BCUT2D eigenvalue weighted by Gasteiger charge is -2.19. The second-order valence-corrected chi connectivity index (χ2v) is 7.96. The Hall–Kier alpha value is -3.16. The molecule has 1 aliphatic carbocycles. The molecule has 164 valence electrons. The largest absolute Gasteiger partial charge is 0.490 e. The summed E-state index contributed by atoms with van der Waals surface area (Å²) in [5, 5.41) is 15.1. The first-order chi connectivity index (χ1) is 15.1. The zero-order valence-electron chi connectivity index (χ0n) is 18.0. The molecule has 1 aromatic carbocycles. The Morgan fingerprint density at radius 2 is 2.16 bits per heavy atom. The Kier molecular flexibility index (Phi) is 6.64. The van der Waals surface area contributed by atoms with E-state index >= 15 is 0 Å². The van der Waals surface area contributed by atoms with E-state index in [9.17, 15) is 4.39 Å². The molecule has 0 radical (unpaired) electrons. The topological polar surface area (TPSA) is 75.8 Å². The fraction of sp³-hybridized carbons (Fsp3) is 0.435. The van der Waals surface area contributed by atoms with Gasteiger partial charge in [0.25, 0.3) is 0 Å². The maximum absolute atomic E-state index is 14.4. The third-order valence-electron chi connectivity index (χ3n) is 5.46. The van der Waals surface area contributed by atoms with Gasteiger partial charge < -0.3 is 15.4 Å². The summed E-state index contributed by atoms with van der Waals surface area (Å²) in [5.74, 6) is 2.21. The normalized spacial score (nSPS) is 15.1. The molecule has 2 heterocycles. The molecule has 4 rings (SSSR count). The summed E-state index contributed by atoms with van der Waals surface area (Å²) in [6.45, 7) is 3.32. The van der Waals surface area contributed by atoms with Crippen LogP contribution in [0.3, 0.4) is 0 Å². The molecule has 1 aliphatic rings. The van der Waals surface area contributed by atoms with Gasteiger partial charge in [-0.15, -0.1) is 10.2 Å². The van der Waals surface area contributed by atoms with Gasteiger partial charge in [-0.25, -0.2) is 4.39 Å². The van der Waals surface area contributed by atoms with Crippen LogP contribution in [0.15, 0.2) is 47.6 Å². The molecular weight excluding hydrogens is 395 g/mol. The second-order valence-electron chi connectivity index (χ2n) is 7.96. The molecule has 1 saturated carbocycles. The number of hydrogen-bond donors (Lipinski definition) is 2. The molecule has 0 bridgehead atoms. The minimum atomic E-state index is -0.324. The zero-order valence-corrected chi connectivity index (χ0v) is 18.0. The van der Waals surface area contributed by atoms with Gasteiger partial charge in [0.2, 0.25) is 0 Å². The highest BCUT2D eigenvalue weighted by molar-refractivity contribution is 5.80. The van der Waals surface area contributed by atoms with Gasteiger partial charge in [-0.3, -0.25) is 9.39 Å². The van der Waals surface area contributed by atoms with Crippen LogP contribution >= 0.6 is 0 Å². The number of rotatable bonds is 9. The maximum atomic E-state index is 14.4. The van der Waals surface area contributed by atoms with Gasteiger partial charge in [0.1, 0.15) is 5.82 Å². The minimum Gasteiger partial charge on any atom is -0.490 e. The molecule has 1 unspecified atom stereocenters. The molecule has 7 nitrogen and oxygen atoms in total. The van der Waals surface area contributed by atoms with Gasteiger partial charge in [-0.1, -0.05) is 12.1 Å². The third-order valence-corrected chi connectivity index (χ3v) is 5.46. The first-order valence-corrected chi connectivity index (χ1v) is 10.8. The number of aromatic nitrogens is 3. The number of nitrogens with zero attached hydrogens (tertiary/aromatic N) is 4. The Balaban J connectivity index is 1.25. The average Bonchev–Trinajstić information content (AvgIpc) is 3.53. The van der Waals surface area contributed by atoms with Crippen molar-refractivity contribution in [2.75, 3.05) is 20.2 Å². The van der Waals surface area contributed by atoms with Crippen LogP contribution in [0.25, 0.3) is 5.65 Å². The highest BCUT2D eigenvalue weighted by atomic mass is 19.1. The standard InChI is InChI=1S/C23H29FN6O/c1-16(18-10-11-20(19(24)14-18)31-15-17-8-9-17)27-23(25-2)26-12-5-7-22-29-28-21-6-3-4-13-30(21)22/h3-4,6,10-11,13-14,16-17H,5,7-9,12,15H2,1-2H3,(H2,25,26,27). The van der Waals surface area contributed by atoms with Crippen LogP contribution < -0.4 is 15.4 Å². The van der Waals surface area contributed by atoms with E-state index in [0.29, 0.717) is 24.2 Å². The van der Waals surface area contributed by atoms with E-state index in [0.717, 1.165) is 36.4 Å². The van der Waals surface area contributed by atoms with Crippen molar-refractivity contribution in [1.29, 1.82) is 0 Å². The Labute approximate surface area is 181 Å². The van der Waals surface area contributed by atoms with Crippen LogP contribution in [-0.2, 0) is 6.42 Å². The number of hydrogen-bond acceptors (Lipinski definition) is 4. The van der Waals surface area contributed by atoms with E-state index in [1.807, 2.05) is 41.8 Å². The van der Waals surface area contributed by atoms with Crippen LogP contribution in [0.2, 0.25) is 0 Å². The SMILES string of the molecule is CN=C(NCCCc1nnc2ccccn12)NC(C)c1ccc(OCC2CC2)c(F)c1. The molecule has 0 spiro atoms. The summed E-state index contributed by atoms with van der Waals surface area (Å²) in [6, 6.07) is 10.9. The van der Waals surface area contributed by atoms with E-state index in [2.05, 4.69) is 25.8 Å². The number of benzene rings is 1. The first-order valence-electron chi connectivity index (χ1n) is 10.8. The molecule has 2 aromatic heterocycles. The molecule has 8 heteroatoms. The number of aryl methyl sites for hydroxylation is 1. The first kappa shape index (κ1) is 21.1. The van der Waals surface area contributed by atoms with Crippen molar-refractivity contribution >= 4 is 11.6 Å². The van der Waals surface area contributed by atoms with E-state index in [-0.39, 0.29) is 11.9 Å². The van der Waals surface area contributed by atoms with Crippen molar-refractivity contribution in [3.8, 4) is 5.75 Å². The maximum Gasteiger partial charge on any atom is 0.191 e. The van der Waals surface area contributed by atoms with Crippen molar-refractivity contribution in [2.24, 2.45) is 10.9 Å². The fourth-order valence-electron chi connectivity index (χ4n) is 3.39. The van der Waals surface area contributed by atoms with E-state index in [4.69, 9.17) is 4.74 Å². The lowest BCUT2D eigenvalue weighted by atomic mass is 10.1. The van der Waals surface area contributed by atoms with Gasteiger partial charge in [-0.05, 0) is 61.9 Å². The lowest BCUT2D eigenvalue weighted by Crippen LogP contribution is -2.39. The molecule has 1 fully saturated rings. The van der Waals surface area contributed by atoms with Crippen LogP contribution in [0, 0.1) is 11.7 Å². The Morgan fingerprint density at radius 3 is 2.94 bits per heavy atom. The Bertz CT molecular complexity index is 1050. The fourth-order valence-corrected chi connectivity index (χ4v) is 3.39. The molecular formula is C23H29FN6O. The van der Waals surface area contributed by atoms with Crippen LogP contribution in [0.1, 0.15) is 43.6 Å². The highest BCUT2D eigenvalue weighted by Crippen LogP contribution is 2.30. The molecule has 31 heavy (non-hydrogen) atoms.